The molecule has 2 aromatic rings. The van der Waals surface area contributed by atoms with Crippen molar-refractivity contribution in [2.45, 2.75) is 38.4 Å². The molecule has 0 amide bonds. The van der Waals surface area contributed by atoms with Crippen molar-refractivity contribution in [2.75, 3.05) is 37.8 Å². The number of nitrogens with one attached hydrogen (secondary N) is 2. The van der Waals surface area contributed by atoms with Crippen LogP contribution >= 0.6 is 0 Å². The maximum Gasteiger partial charge on any atom is 0.276 e. The van der Waals surface area contributed by atoms with Gasteiger partial charge in [0, 0.05) is 25.3 Å². The van der Waals surface area contributed by atoms with Crippen LogP contribution in [0.25, 0.3) is 0 Å². The summed E-state index contributed by atoms with van der Waals surface area (Å²) in [6, 6.07) is 1.78. The average Bonchev–Trinajstić information content (AvgIpc) is 3.07. The number of nitrogens with two attached hydrogens (primary N) is 1. The molecule has 2 aromatic heterocycles. The number of aromatic nitrogens is 3. The van der Waals surface area contributed by atoms with Crippen molar-refractivity contribution in [2.24, 2.45) is 0 Å². The summed E-state index contributed by atoms with van der Waals surface area (Å²) in [5.41, 5.74) is 7.23. The Morgan fingerprint density at radius 1 is 1.37 bits per heavy atom. The number of nitrogens with zero attached hydrogens (tertiary/aromatic N) is 4. The van der Waals surface area contributed by atoms with Crippen molar-refractivity contribution < 1.29 is 13.5 Å². The summed E-state index contributed by atoms with van der Waals surface area (Å²) in [5.74, 6) is 0.722. The van der Waals surface area contributed by atoms with Crippen molar-refractivity contribution in [1.82, 2.24) is 24.8 Å². The molecule has 0 radical (unpaired) electrons. The highest BCUT2D eigenvalue weighted by atomic mass is 19.3. The SMILES string of the molecule is COc1c(N)ncnc1Nc1cc(C)c2n(c1=O)C1(CCN(CC(F)F)CC1)NC2. The smallest absolute Gasteiger partial charge is 0.276 e. The van der Waals surface area contributed by atoms with E-state index in [1.54, 1.807) is 15.5 Å². The van der Waals surface area contributed by atoms with E-state index in [0.717, 1.165) is 11.3 Å². The van der Waals surface area contributed by atoms with Gasteiger partial charge in [-0.3, -0.25) is 19.6 Å². The molecule has 0 aromatic carbocycles. The molecule has 162 valence electrons. The molecular formula is C19H25F2N7O2. The Balaban J connectivity index is 1.68. The van der Waals surface area contributed by atoms with Gasteiger partial charge < -0.3 is 15.8 Å². The van der Waals surface area contributed by atoms with Gasteiger partial charge in [-0.15, -0.1) is 0 Å². The van der Waals surface area contributed by atoms with Gasteiger partial charge in [0.05, 0.1) is 13.7 Å². The van der Waals surface area contributed by atoms with E-state index >= 15 is 0 Å². The summed E-state index contributed by atoms with van der Waals surface area (Å²) < 4.78 is 32.5. The number of aryl methyl sites for hydroxylation is 1. The van der Waals surface area contributed by atoms with Crippen molar-refractivity contribution >= 4 is 17.3 Å². The number of nitrogen functional groups attached to an aromatic ring is 1. The molecule has 0 saturated carbocycles. The van der Waals surface area contributed by atoms with Crippen molar-refractivity contribution in [3.05, 3.63) is 34.0 Å². The van der Waals surface area contributed by atoms with Crippen LogP contribution in [0.3, 0.4) is 0 Å². The summed E-state index contributed by atoms with van der Waals surface area (Å²) in [4.78, 5) is 23.2. The predicted octanol–water partition coefficient (Wildman–Crippen LogP) is 1.40. The summed E-state index contributed by atoms with van der Waals surface area (Å²) in [6.45, 7) is 3.24. The first-order valence-electron chi connectivity index (χ1n) is 9.77. The summed E-state index contributed by atoms with van der Waals surface area (Å²) in [7, 11) is 1.45. The Hall–Kier alpha value is -2.79. The zero-order valence-corrected chi connectivity index (χ0v) is 16.9. The summed E-state index contributed by atoms with van der Waals surface area (Å²) in [5, 5.41) is 6.50. The van der Waals surface area contributed by atoms with Crippen molar-refractivity contribution in [3.63, 3.8) is 0 Å². The number of hydrogen-bond acceptors (Lipinski definition) is 8. The lowest BCUT2D eigenvalue weighted by Gasteiger charge is -2.40. The van der Waals surface area contributed by atoms with E-state index in [2.05, 4.69) is 20.6 Å². The number of halogens is 2. The molecule has 0 unspecified atom stereocenters. The molecule has 1 saturated heterocycles. The highest BCUT2D eigenvalue weighted by molar-refractivity contribution is 5.68. The number of likely N-dealkylation sites (tertiary alicyclic amines) is 1. The van der Waals surface area contributed by atoms with Gasteiger partial charge in [-0.1, -0.05) is 0 Å². The third-order valence-electron chi connectivity index (χ3n) is 5.90. The number of hydrogen-bond donors (Lipinski definition) is 3. The largest absolute Gasteiger partial charge is 0.490 e. The van der Waals surface area contributed by atoms with Gasteiger partial charge in [0.15, 0.2) is 11.6 Å². The van der Waals surface area contributed by atoms with Gasteiger partial charge in [0.25, 0.3) is 12.0 Å². The zero-order chi connectivity index (χ0) is 21.5. The molecule has 9 nitrogen and oxygen atoms in total. The lowest BCUT2D eigenvalue weighted by Crippen LogP contribution is -2.54. The number of fused-ring (bicyclic) bond motifs is 2. The van der Waals surface area contributed by atoms with Crippen LogP contribution in [0.2, 0.25) is 0 Å². The van der Waals surface area contributed by atoms with Crippen LogP contribution in [0.4, 0.5) is 26.1 Å². The van der Waals surface area contributed by atoms with Crippen LogP contribution in [0, 0.1) is 6.92 Å². The molecule has 4 rings (SSSR count). The fourth-order valence-corrected chi connectivity index (χ4v) is 4.38. The van der Waals surface area contributed by atoms with Gasteiger partial charge in [0.1, 0.15) is 17.7 Å². The molecule has 4 N–H and O–H groups in total. The van der Waals surface area contributed by atoms with Crippen LogP contribution in [0.15, 0.2) is 17.2 Å². The van der Waals surface area contributed by atoms with Gasteiger partial charge in [0.2, 0.25) is 5.75 Å². The van der Waals surface area contributed by atoms with Gasteiger partial charge in [-0.05, 0) is 31.4 Å². The van der Waals surface area contributed by atoms with Crippen molar-refractivity contribution in [3.8, 4) is 5.75 Å². The first-order chi connectivity index (χ1) is 14.3. The molecular weight excluding hydrogens is 396 g/mol. The first kappa shape index (κ1) is 20.5. The van der Waals surface area contributed by atoms with E-state index in [1.807, 2.05) is 6.92 Å². The fraction of sp³-hybridized carbons (Fsp3) is 0.526. The number of anilines is 3. The Labute approximate surface area is 172 Å². The number of ether oxygens (including phenoxy) is 1. The fourth-order valence-electron chi connectivity index (χ4n) is 4.38. The minimum absolute atomic E-state index is 0.164. The maximum absolute atomic E-state index is 13.4. The van der Waals surface area contributed by atoms with E-state index in [9.17, 15) is 13.6 Å². The summed E-state index contributed by atoms with van der Waals surface area (Å²) in [6.07, 6.45) is 0.0669. The third-order valence-corrected chi connectivity index (χ3v) is 5.90. The molecule has 4 heterocycles. The lowest BCUT2D eigenvalue weighted by molar-refractivity contribution is 0.0402. The van der Waals surface area contributed by atoms with E-state index in [4.69, 9.17) is 10.5 Å². The predicted molar refractivity (Wildman–Crippen MR) is 108 cm³/mol. The molecule has 1 fully saturated rings. The molecule has 30 heavy (non-hydrogen) atoms. The normalized spacial score (nSPS) is 18.0. The van der Waals surface area contributed by atoms with Crippen LogP contribution in [-0.4, -0.2) is 52.6 Å². The Morgan fingerprint density at radius 3 is 2.77 bits per heavy atom. The molecule has 2 aliphatic heterocycles. The molecule has 0 aliphatic carbocycles. The average molecular weight is 421 g/mol. The summed E-state index contributed by atoms with van der Waals surface area (Å²) >= 11 is 0. The van der Waals surface area contributed by atoms with Crippen LogP contribution < -0.4 is 26.7 Å². The van der Waals surface area contributed by atoms with Crippen molar-refractivity contribution in [1.29, 1.82) is 0 Å². The van der Waals surface area contributed by atoms with Gasteiger partial charge in [-0.2, -0.15) is 0 Å². The second-order valence-electron chi connectivity index (χ2n) is 7.67. The second-order valence-corrected chi connectivity index (χ2v) is 7.67. The molecule has 2 aliphatic rings. The highest BCUT2D eigenvalue weighted by Gasteiger charge is 2.42. The minimum Gasteiger partial charge on any atom is -0.490 e. The molecule has 0 bridgehead atoms. The minimum atomic E-state index is -2.36. The standard InChI is InChI=1S/C19H25F2N7O2/c1-11-7-12(26-17-15(30-2)16(22)23-10-24-17)18(29)28-13(11)8-25-19(28)3-5-27(6-4-19)9-14(20)21/h7,10,14,25H,3-6,8-9H2,1-2H3,(H3,22,23,24,26). The van der Waals surface area contributed by atoms with Crippen LogP contribution in [0.1, 0.15) is 24.1 Å². The second kappa shape index (κ2) is 7.80. The maximum atomic E-state index is 13.4. The Kier molecular flexibility index (Phi) is 5.33. The lowest BCUT2D eigenvalue weighted by atomic mass is 9.96. The monoisotopic (exact) mass is 421 g/mol. The van der Waals surface area contributed by atoms with E-state index in [0.29, 0.717) is 44.0 Å². The van der Waals surface area contributed by atoms with E-state index in [-0.39, 0.29) is 23.7 Å². The van der Waals surface area contributed by atoms with Crippen LogP contribution in [-0.2, 0) is 12.2 Å². The quantitative estimate of drug-likeness (QED) is 0.665. The molecule has 11 heteroatoms. The highest BCUT2D eigenvalue weighted by Crippen LogP contribution is 2.35. The van der Waals surface area contributed by atoms with Crippen LogP contribution in [0.5, 0.6) is 5.75 Å². The van der Waals surface area contributed by atoms with Gasteiger partial charge >= 0.3 is 0 Å². The Morgan fingerprint density at radius 2 is 2.10 bits per heavy atom. The number of piperidine rings is 1. The number of rotatable bonds is 5. The zero-order valence-electron chi connectivity index (χ0n) is 16.9. The molecule has 1 spiro atoms. The molecule has 0 atom stereocenters. The Bertz CT molecular complexity index is 1000. The number of pyridine rings is 1. The third kappa shape index (κ3) is 3.47. The number of methoxy groups -OCH3 is 1. The number of alkyl halides is 2. The topological polar surface area (TPSA) is 110 Å². The van der Waals surface area contributed by atoms with Gasteiger partial charge in [-0.25, -0.2) is 18.7 Å². The van der Waals surface area contributed by atoms with E-state index < -0.39 is 12.1 Å². The van der Waals surface area contributed by atoms with E-state index in [1.165, 1.54) is 13.4 Å². The first-order valence-corrected chi connectivity index (χ1v) is 9.77.